The van der Waals surface area contributed by atoms with Gasteiger partial charge in [0.05, 0.1) is 11.1 Å². The van der Waals surface area contributed by atoms with Gasteiger partial charge in [-0.1, -0.05) is 46.3 Å². The van der Waals surface area contributed by atoms with E-state index in [0.29, 0.717) is 11.9 Å². The number of carbonyl (C=O) groups excluding carboxylic acids is 1. The smallest absolute Gasteiger partial charge is 0.275 e. The second-order valence-corrected chi connectivity index (χ2v) is 7.89. The fourth-order valence-corrected chi connectivity index (χ4v) is 3.82. The molecule has 3 aromatic rings. The zero-order valence-electron chi connectivity index (χ0n) is 15.1. The summed E-state index contributed by atoms with van der Waals surface area (Å²) < 4.78 is 2.29. The molecule has 6 heteroatoms. The molecule has 1 aliphatic rings. The van der Waals surface area contributed by atoms with Crippen LogP contribution >= 0.6 is 15.9 Å². The Hall–Kier alpha value is -2.47. The normalized spacial score (nSPS) is 13.7. The minimum absolute atomic E-state index is 0.0327. The van der Waals surface area contributed by atoms with E-state index in [1.54, 1.807) is 6.07 Å². The lowest BCUT2D eigenvalue weighted by Crippen LogP contribution is -2.38. The van der Waals surface area contributed by atoms with Crippen molar-refractivity contribution in [3.63, 3.8) is 0 Å². The van der Waals surface area contributed by atoms with Gasteiger partial charge in [0.25, 0.3) is 5.56 Å². The van der Waals surface area contributed by atoms with Gasteiger partial charge in [-0.2, -0.15) is 5.10 Å². The summed E-state index contributed by atoms with van der Waals surface area (Å²) in [6.45, 7) is 2.38. The van der Waals surface area contributed by atoms with Gasteiger partial charge in [0.15, 0.2) is 0 Å². The standard InChI is InChI=1S/C21H20BrN3O2/c1-14-18-7-2-3-8-19(18)21(27)25(23-14)13-20(26)24(17-9-10-17)12-15-5-4-6-16(22)11-15/h2-8,11,17H,9-10,12-13H2,1H3. The molecular formula is C21H20BrN3O2. The molecule has 1 heterocycles. The number of fused-ring (bicyclic) bond motifs is 1. The quantitative estimate of drug-likeness (QED) is 0.626. The SMILES string of the molecule is Cc1nn(CC(=O)N(Cc2cccc(Br)c2)C2CC2)c(=O)c2ccccc12. The van der Waals surface area contributed by atoms with Gasteiger partial charge < -0.3 is 4.90 Å². The van der Waals surface area contributed by atoms with Crippen molar-refractivity contribution in [1.82, 2.24) is 14.7 Å². The van der Waals surface area contributed by atoms with E-state index in [1.807, 2.05) is 54.3 Å². The van der Waals surface area contributed by atoms with E-state index < -0.39 is 0 Å². The first-order valence-corrected chi connectivity index (χ1v) is 9.82. The zero-order chi connectivity index (χ0) is 19.0. The van der Waals surface area contributed by atoms with Crippen LogP contribution in [0, 0.1) is 6.92 Å². The molecule has 4 rings (SSSR count). The number of hydrogen-bond acceptors (Lipinski definition) is 3. The summed E-state index contributed by atoms with van der Waals surface area (Å²) in [6.07, 6.45) is 2.03. The van der Waals surface area contributed by atoms with Crippen molar-refractivity contribution in [3.8, 4) is 0 Å². The Balaban J connectivity index is 1.61. The third kappa shape index (κ3) is 3.81. The van der Waals surface area contributed by atoms with Crippen LogP contribution in [0.3, 0.4) is 0 Å². The molecule has 0 unspecified atom stereocenters. The van der Waals surface area contributed by atoms with Crippen molar-refractivity contribution in [2.24, 2.45) is 0 Å². The molecule has 1 amide bonds. The van der Waals surface area contributed by atoms with Crippen LogP contribution in [0.4, 0.5) is 0 Å². The molecule has 0 atom stereocenters. The highest BCUT2D eigenvalue weighted by Crippen LogP contribution is 2.29. The summed E-state index contributed by atoms with van der Waals surface area (Å²) in [5.41, 5.74) is 1.60. The predicted octanol–water partition coefficient (Wildman–Crippen LogP) is 3.66. The summed E-state index contributed by atoms with van der Waals surface area (Å²) in [6, 6.07) is 15.6. The monoisotopic (exact) mass is 425 g/mol. The van der Waals surface area contributed by atoms with Crippen molar-refractivity contribution < 1.29 is 4.79 Å². The largest absolute Gasteiger partial charge is 0.334 e. The fourth-order valence-electron chi connectivity index (χ4n) is 3.37. The molecule has 2 aromatic carbocycles. The first-order valence-electron chi connectivity index (χ1n) is 9.03. The zero-order valence-corrected chi connectivity index (χ0v) is 16.6. The summed E-state index contributed by atoms with van der Waals surface area (Å²) in [5, 5.41) is 5.81. The first kappa shape index (κ1) is 17.9. The minimum atomic E-state index is -0.220. The van der Waals surface area contributed by atoms with E-state index in [1.165, 1.54) is 4.68 Å². The van der Waals surface area contributed by atoms with Gasteiger partial charge in [-0.05, 0) is 43.5 Å². The number of benzene rings is 2. The summed E-state index contributed by atoms with van der Waals surface area (Å²) in [5.74, 6) is -0.0678. The highest BCUT2D eigenvalue weighted by Gasteiger charge is 2.32. The van der Waals surface area contributed by atoms with Crippen LogP contribution in [0.1, 0.15) is 24.1 Å². The number of nitrogens with zero attached hydrogens (tertiary/aromatic N) is 3. The summed E-state index contributed by atoms with van der Waals surface area (Å²) >= 11 is 3.48. The molecule has 0 aliphatic heterocycles. The van der Waals surface area contributed by atoms with E-state index in [0.717, 1.165) is 34.0 Å². The van der Waals surface area contributed by atoms with Crippen LogP contribution < -0.4 is 5.56 Å². The Bertz CT molecular complexity index is 1070. The molecule has 0 radical (unpaired) electrons. The summed E-state index contributed by atoms with van der Waals surface area (Å²) in [7, 11) is 0. The molecule has 0 saturated heterocycles. The van der Waals surface area contributed by atoms with E-state index in [4.69, 9.17) is 0 Å². The molecule has 5 nitrogen and oxygen atoms in total. The van der Waals surface area contributed by atoms with E-state index in [-0.39, 0.29) is 24.1 Å². The van der Waals surface area contributed by atoms with Crippen molar-refractivity contribution >= 4 is 32.6 Å². The average Bonchev–Trinajstić information content (AvgIpc) is 3.49. The molecule has 0 bridgehead atoms. The number of aromatic nitrogens is 2. The van der Waals surface area contributed by atoms with Gasteiger partial charge >= 0.3 is 0 Å². The van der Waals surface area contributed by atoms with Crippen molar-refractivity contribution in [1.29, 1.82) is 0 Å². The van der Waals surface area contributed by atoms with Gasteiger partial charge in [-0.3, -0.25) is 9.59 Å². The third-order valence-corrected chi connectivity index (χ3v) is 5.38. The average molecular weight is 426 g/mol. The summed E-state index contributed by atoms with van der Waals surface area (Å²) in [4.78, 5) is 27.6. The second-order valence-electron chi connectivity index (χ2n) is 6.98. The lowest BCUT2D eigenvalue weighted by molar-refractivity contribution is -0.133. The highest BCUT2D eigenvalue weighted by molar-refractivity contribution is 9.10. The molecule has 0 N–H and O–H groups in total. The Morgan fingerprint density at radius 1 is 1.19 bits per heavy atom. The van der Waals surface area contributed by atoms with Crippen LogP contribution in [-0.2, 0) is 17.9 Å². The van der Waals surface area contributed by atoms with Gasteiger partial charge in [-0.15, -0.1) is 0 Å². The maximum absolute atomic E-state index is 13.0. The van der Waals surface area contributed by atoms with Crippen LogP contribution in [0.2, 0.25) is 0 Å². The Kier molecular flexibility index (Phi) is 4.83. The Morgan fingerprint density at radius 3 is 2.63 bits per heavy atom. The lowest BCUT2D eigenvalue weighted by atomic mass is 10.1. The van der Waals surface area contributed by atoms with Crippen LogP contribution in [0.25, 0.3) is 10.8 Å². The van der Waals surface area contributed by atoms with Crippen LogP contribution in [0.15, 0.2) is 57.8 Å². The van der Waals surface area contributed by atoms with Crippen molar-refractivity contribution in [2.75, 3.05) is 0 Å². The van der Waals surface area contributed by atoms with Crippen molar-refractivity contribution in [2.45, 2.75) is 38.9 Å². The number of amides is 1. The van der Waals surface area contributed by atoms with Gasteiger partial charge in [0, 0.05) is 22.4 Å². The maximum atomic E-state index is 13.0. The van der Waals surface area contributed by atoms with E-state index in [2.05, 4.69) is 21.0 Å². The second kappa shape index (κ2) is 7.27. The van der Waals surface area contributed by atoms with Crippen molar-refractivity contribution in [3.05, 3.63) is 74.6 Å². The molecule has 1 aliphatic carbocycles. The third-order valence-electron chi connectivity index (χ3n) is 4.89. The number of aryl methyl sites for hydroxylation is 1. The number of halogens is 1. The molecule has 0 spiro atoms. The number of rotatable bonds is 5. The highest BCUT2D eigenvalue weighted by atomic mass is 79.9. The van der Waals surface area contributed by atoms with Crippen LogP contribution in [-0.4, -0.2) is 26.6 Å². The van der Waals surface area contributed by atoms with Gasteiger partial charge in [0.2, 0.25) is 5.91 Å². The molecule has 27 heavy (non-hydrogen) atoms. The Morgan fingerprint density at radius 2 is 1.93 bits per heavy atom. The van der Waals surface area contributed by atoms with Crippen LogP contribution in [0.5, 0.6) is 0 Å². The number of carbonyl (C=O) groups is 1. The molecule has 1 fully saturated rings. The maximum Gasteiger partial charge on any atom is 0.275 e. The number of hydrogen-bond donors (Lipinski definition) is 0. The predicted molar refractivity (Wildman–Crippen MR) is 108 cm³/mol. The fraction of sp³-hybridized carbons (Fsp3) is 0.286. The van der Waals surface area contributed by atoms with E-state index in [9.17, 15) is 9.59 Å². The lowest BCUT2D eigenvalue weighted by Gasteiger charge is -2.23. The molecule has 1 saturated carbocycles. The molecule has 1 aromatic heterocycles. The van der Waals surface area contributed by atoms with Gasteiger partial charge in [0.1, 0.15) is 6.54 Å². The topological polar surface area (TPSA) is 55.2 Å². The molecule has 138 valence electrons. The van der Waals surface area contributed by atoms with E-state index >= 15 is 0 Å². The van der Waals surface area contributed by atoms with Gasteiger partial charge in [-0.25, -0.2) is 4.68 Å². The molecular weight excluding hydrogens is 406 g/mol. The Labute approximate surface area is 165 Å². The first-order chi connectivity index (χ1) is 13.0. The minimum Gasteiger partial charge on any atom is -0.334 e.